The van der Waals surface area contributed by atoms with Crippen LogP contribution in [0.25, 0.3) is 11.1 Å². The number of nitrogens with one attached hydrogen (secondary N) is 4. The van der Waals surface area contributed by atoms with Crippen LogP contribution in [0.4, 0.5) is 30.2 Å². The molecule has 0 bridgehead atoms. The number of rotatable bonds is 8. The molecule has 4 rings (SSSR count). The monoisotopic (exact) mass is 596 g/mol. The minimum atomic E-state index is -4.98. The third-order valence-electron chi connectivity index (χ3n) is 6.29. The van der Waals surface area contributed by atoms with Gasteiger partial charge in [-0.05, 0) is 55.8 Å². The molecule has 4 aromatic rings. The Balaban J connectivity index is 1.70. The lowest BCUT2D eigenvalue weighted by Gasteiger charge is -2.18. The maximum Gasteiger partial charge on any atom is 0.433 e. The van der Waals surface area contributed by atoms with E-state index in [0.717, 1.165) is 4.74 Å². The number of aromatic nitrogens is 2. The van der Waals surface area contributed by atoms with Crippen molar-refractivity contribution in [3.8, 4) is 11.1 Å². The Morgan fingerprint density at radius 1 is 0.953 bits per heavy atom. The molecule has 0 radical (unpaired) electrons. The topological polar surface area (TPSA) is 147 Å². The van der Waals surface area contributed by atoms with Crippen LogP contribution in [0, 0.1) is 6.92 Å². The normalized spacial score (nSPS) is 11.1. The Hall–Kier alpha value is -5.40. The van der Waals surface area contributed by atoms with Crippen LogP contribution in [-0.2, 0) is 13.2 Å². The zero-order valence-electron chi connectivity index (χ0n) is 23.5. The van der Waals surface area contributed by atoms with Gasteiger partial charge in [-0.1, -0.05) is 18.2 Å². The molecule has 0 fully saturated rings. The number of benzene rings is 2. The number of amides is 3. The van der Waals surface area contributed by atoms with Crippen LogP contribution in [-0.4, -0.2) is 41.0 Å². The fourth-order valence-electron chi connectivity index (χ4n) is 4.31. The smallest absolute Gasteiger partial charge is 0.383 e. The maximum atomic E-state index is 13.9. The minimum Gasteiger partial charge on any atom is -0.383 e. The first-order valence-corrected chi connectivity index (χ1v) is 12.9. The van der Waals surface area contributed by atoms with Crippen molar-refractivity contribution in [3.63, 3.8) is 0 Å². The van der Waals surface area contributed by atoms with Gasteiger partial charge in [0.25, 0.3) is 23.3 Å². The Bertz CT molecular complexity index is 1760. The lowest BCUT2D eigenvalue weighted by molar-refractivity contribution is -0.141. The molecule has 224 valence electrons. The molecule has 0 aliphatic carbocycles. The zero-order valence-corrected chi connectivity index (χ0v) is 23.5. The molecule has 2 aromatic heterocycles. The van der Waals surface area contributed by atoms with E-state index in [0.29, 0.717) is 23.0 Å². The summed E-state index contributed by atoms with van der Waals surface area (Å²) in [5.41, 5.74) is -1.78. The molecule has 0 atom stereocenters. The highest BCUT2D eigenvalue weighted by molar-refractivity contribution is 6.14. The van der Waals surface area contributed by atoms with Gasteiger partial charge in [0.05, 0.1) is 16.8 Å². The zero-order chi connectivity index (χ0) is 31.5. The number of hydrogen-bond donors (Lipinski definition) is 4. The van der Waals surface area contributed by atoms with Crippen molar-refractivity contribution < 1.29 is 32.1 Å². The second kappa shape index (κ2) is 12.2. The SMILES string of the molecule is CCNc1c(C(=O)Nc2ccc(-c3c(C)on(C)c3=O)cc2)cc(C(F)(F)F)nc1C(=O)Nc1cccc(C(=O)NC)c1. The summed E-state index contributed by atoms with van der Waals surface area (Å²) in [6.07, 6.45) is -4.98. The summed E-state index contributed by atoms with van der Waals surface area (Å²) in [7, 11) is 2.89. The number of carbonyl (C=O) groups excluding carboxylic acids is 3. The number of nitrogens with zero attached hydrogens (tertiary/aromatic N) is 2. The molecule has 0 saturated heterocycles. The highest BCUT2D eigenvalue weighted by Gasteiger charge is 2.36. The van der Waals surface area contributed by atoms with Crippen molar-refractivity contribution in [3.05, 3.63) is 93.2 Å². The van der Waals surface area contributed by atoms with Crippen LogP contribution in [0.3, 0.4) is 0 Å². The van der Waals surface area contributed by atoms with E-state index in [-0.39, 0.29) is 34.7 Å². The third kappa shape index (κ3) is 6.58. The van der Waals surface area contributed by atoms with Gasteiger partial charge in [-0.2, -0.15) is 17.9 Å². The molecule has 11 nitrogen and oxygen atoms in total. The molecule has 0 aliphatic rings. The Kier molecular flexibility index (Phi) is 8.69. The lowest BCUT2D eigenvalue weighted by Crippen LogP contribution is -2.24. The summed E-state index contributed by atoms with van der Waals surface area (Å²) in [6, 6.07) is 12.4. The van der Waals surface area contributed by atoms with Crippen molar-refractivity contribution in [2.45, 2.75) is 20.0 Å². The molecule has 43 heavy (non-hydrogen) atoms. The minimum absolute atomic E-state index is 0.126. The molecule has 0 unspecified atom stereocenters. The van der Waals surface area contributed by atoms with Gasteiger partial charge in [0.15, 0.2) is 5.69 Å². The average Bonchev–Trinajstić information content (AvgIpc) is 3.22. The first kappa shape index (κ1) is 30.6. The Morgan fingerprint density at radius 3 is 2.21 bits per heavy atom. The highest BCUT2D eigenvalue weighted by Crippen LogP contribution is 2.33. The molecule has 2 heterocycles. The summed E-state index contributed by atoms with van der Waals surface area (Å²) in [5, 5.41) is 10.2. The second-order valence-electron chi connectivity index (χ2n) is 9.28. The number of carbonyl (C=O) groups is 3. The van der Waals surface area contributed by atoms with Crippen LogP contribution in [0.5, 0.6) is 0 Å². The molecule has 3 amide bonds. The van der Waals surface area contributed by atoms with Crippen LogP contribution < -0.4 is 26.8 Å². The van der Waals surface area contributed by atoms with Crippen LogP contribution in [0.1, 0.15) is 49.6 Å². The van der Waals surface area contributed by atoms with Crippen LogP contribution >= 0.6 is 0 Å². The van der Waals surface area contributed by atoms with Crippen molar-refractivity contribution in [2.75, 3.05) is 29.5 Å². The Labute approximate surface area is 243 Å². The van der Waals surface area contributed by atoms with Gasteiger partial charge in [0.1, 0.15) is 11.5 Å². The first-order chi connectivity index (χ1) is 20.3. The van der Waals surface area contributed by atoms with Crippen molar-refractivity contribution in [2.24, 2.45) is 7.05 Å². The van der Waals surface area contributed by atoms with E-state index in [2.05, 4.69) is 26.3 Å². The number of halogens is 3. The van der Waals surface area contributed by atoms with Crippen LogP contribution in [0.2, 0.25) is 0 Å². The summed E-state index contributed by atoms with van der Waals surface area (Å²) in [5.74, 6) is -2.02. The third-order valence-corrected chi connectivity index (χ3v) is 6.29. The molecule has 0 saturated carbocycles. The maximum absolute atomic E-state index is 13.9. The summed E-state index contributed by atoms with van der Waals surface area (Å²) < 4.78 is 48.0. The van der Waals surface area contributed by atoms with Gasteiger partial charge in [0, 0.05) is 37.6 Å². The van der Waals surface area contributed by atoms with Gasteiger partial charge in [-0.3, -0.25) is 19.2 Å². The van der Waals surface area contributed by atoms with Crippen molar-refractivity contribution in [1.29, 1.82) is 0 Å². The number of hydrogen-bond acceptors (Lipinski definition) is 7. The molecule has 2 aromatic carbocycles. The van der Waals surface area contributed by atoms with E-state index in [9.17, 15) is 32.3 Å². The highest BCUT2D eigenvalue weighted by atomic mass is 19.4. The summed E-state index contributed by atoms with van der Waals surface area (Å²) in [4.78, 5) is 54.5. The Morgan fingerprint density at radius 2 is 1.63 bits per heavy atom. The van der Waals surface area contributed by atoms with Gasteiger partial charge in [-0.25, -0.2) is 4.98 Å². The first-order valence-electron chi connectivity index (χ1n) is 12.9. The molecular formula is C29H27F3N6O5. The lowest BCUT2D eigenvalue weighted by atomic mass is 10.1. The second-order valence-corrected chi connectivity index (χ2v) is 9.28. The summed E-state index contributed by atoms with van der Waals surface area (Å²) in [6.45, 7) is 3.41. The van der Waals surface area contributed by atoms with E-state index < -0.39 is 40.8 Å². The van der Waals surface area contributed by atoms with Gasteiger partial charge in [0.2, 0.25) is 0 Å². The number of alkyl halides is 3. The van der Waals surface area contributed by atoms with E-state index in [1.807, 2.05) is 0 Å². The fraction of sp³-hybridized carbons (Fsp3) is 0.207. The van der Waals surface area contributed by atoms with Gasteiger partial charge < -0.3 is 25.8 Å². The molecule has 0 spiro atoms. The van der Waals surface area contributed by atoms with Gasteiger partial charge in [-0.15, -0.1) is 0 Å². The van der Waals surface area contributed by atoms with E-state index >= 15 is 0 Å². The van der Waals surface area contributed by atoms with Crippen molar-refractivity contribution in [1.82, 2.24) is 15.0 Å². The molecule has 4 N–H and O–H groups in total. The summed E-state index contributed by atoms with van der Waals surface area (Å²) >= 11 is 0. The van der Waals surface area contributed by atoms with E-state index in [1.165, 1.54) is 50.5 Å². The predicted octanol–water partition coefficient (Wildman–Crippen LogP) is 4.66. The number of anilines is 3. The van der Waals surface area contributed by atoms with Crippen LogP contribution in [0.15, 0.2) is 63.9 Å². The standard InChI is InChI=1S/C29H27F3N6O5/c1-5-34-23-20(26(40)35-18-11-9-16(10-12-18)22-15(2)43-38(4)28(22)42)14-21(29(30,31)32)37-24(23)27(41)36-19-8-6-7-17(13-19)25(39)33-3/h6-14,34H,5H2,1-4H3,(H,33,39)(H,35,40)(H,36,41). The molecular weight excluding hydrogens is 569 g/mol. The van der Waals surface area contributed by atoms with Crippen molar-refractivity contribution >= 4 is 34.8 Å². The molecule has 0 aliphatic heterocycles. The van der Waals surface area contributed by atoms with E-state index in [1.54, 1.807) is 26.0 Å². The predicted molar refractivity (Wildman–Crippen MR) is 153 cm³/mol. The number of pyridine rings is 1. The average molecular weight is 597 g/mol. The van der Waals surface area contributed by atoms with E-state index in [4.69, 9.17) is 4.52 Å². The van der Waals surface area contributed by atoms with Gasteiger partial charge >= 0.3 is 6.18 Å². The fourth-order valence-corrected chi connectivity index (χ4v) is 4.31. The molecule has 14 heteroatoms. The largest absolute Gasteiger partial charge is 0.433 e. The quantitative estimate of drug-likeness (QED) is 0.231. The number of aryl methyl sites for hydroxylation is 2.